The molecular formula is C16H20N4O5. The summed E-state index contributed by atoms with van der Waals surface area (Å²) < 4.78 is 0. The first-order chi connectivity index (χ1) is 11.9. The summed E-state index contributed by atoms with van der Waals surface area (Å²) in [6.07, 6.45) is 0.450. The number of carbonyl (C=O) groups excluding carboxylic acids is 4. The Hall–Kier alpha value is -2.78. The fourth-order valence-electron chi connectivity index (χ4n) is 2.56. The summed E-state index contributed by atoms with van der Waals surface area (Å²) in [5.74, 6) is -2.63. The van der Waals surface area contributed by atoms with Gasteiger partial charge in [-0.25, -0.2) is 5.48 Å². The molecule has 1 aromatic rings. The molecule has 1 fully saturated rings. The van der Waals surface area contributed by atoms with Gasteiger partial charge >= 0.3 is 0 Å². The molecule has 9 heteroatoms. The third-order valence-corrected chi connectivity index (χ3v) is 3.89. The minimum absolute atomic E-state index is 0.00329. The van der Waals surface area contributed by atoms with Crippen LogP contribution in [-0.2, 0) is 25.6 Å². The molecule has 0 spiro atoms. The Morgan fingerprint density at radius 3 is 2.60 bits per heavy atom. The topological polar surface area (TPSA) is 142 Å². The number of hydrogen-bond donors (Lipinski definition) is 4. The number of amides is 4. The second kappa shape index (κ2) is 8.36. The van der Waals surface area contributed by atoms with Gasteiger partial charge in [-0.15, -0.1) is 0 Å². The van der Waals surface area contributed by atoms with E-state index >= 15 is 0 Å². The first-order valence-electron chi connectivity index (χ1n) is 7.79. The van der Waals surface area contributed by atoms with Crippen molar-refractivity contribution in [2.45, 2.75) is 31.3 Å². The molecule has 5 N–H and O–H groups in total. The molecule has 0 bridgehead atoms. The van der Waals surface area contributed by atoms with Gasteiger partial charge in [0.1, 0.15) is 12.6 Å². The highest BCUT2D eigenvalue weighted by atomic mass is 16.5. The van der Waals surface area contributed by atoms with Gasteiger partial charge in [0, 0.05) is 6.42 Å². The number of nitrogens with two attached hydrogens (primary N) is 1. The molecule has 1 aliphatic rings. The second-order valence-electron chi connectivity index (χ2n) is 5.75. The van der Waals surface area contributed by atoms with Crippen LogP contribution in [0.3, 0.4) is 0 Å². The van der Waals surface area contributed by atoms with Crippen LogP contribution in [0.4, 0.5) is 0 Å². The van der Waals surface area contributed by atoms with E-state index in [0.717, 1.165) is 5.56 Å². The first kappa shape index (κ1) is 18.6. The third kappa shape index (κ3) is 4.85. The van der Waals surface area contributed by atoms with Gasteiger partial charge < -0.3 is 11.1 Å². The zero-order valence-electron chi connectivity index (χ0n) is 13.5. The van der Waals surface area contributed by atoms with Crippen molar-refractivity contribution in [1.82, 2.24) is 15.7 Å². The van der Waals surface area contributed by atoms with Crippen molar-refractivity contribution in [3.8, 4) is 0 Å². The van der Waals surface area contributed by atoms with Gasteiger partial charge in [0.15, 0.2) is 0 Å². The molecule has 2 rings (SSSR count). The van der Waals surface area contributed by atoms with Crippen LogP contribution in [0, 0.1) is 0 Å². The zero-order valence-corrected chi connectivity index (χ0v) is 13.5. The molecule has 4 amide bonds. The van der Waals surface area contributed by atoms with E-state index in [1.165, 1.54) is 5.48 Å². The van der Waals surface area contributed by atoms with E-state index in [9.17, 15) is 19.2 Å². The molecule has 134 valence electrons. The Bertz CT molecular complexity index is 664. The number of carbonyl (C=O) groups is 4. The normalized spacial score (nSPS) is 18.6. The Morgan fingerprint density at radius 2 is 1.96 bits per heavy atom. The molecule has 0 aromatic heterocycles. The van der Waals surface area contributed by atoms with E-state index in [0.29, 0.717) is 11.3 Å². The second-order valence-corrected chi connectivity index (χ2v) is 5.75. The van der Waals surface area contributed by atoms with Crippen LogP contribution in [0.25, 0.3) is 0 Å². The average Bonchev–Trinajstić information content (AvgIpc) is 2.61. The molecule has 2 atom stereocenters. The zero-order chi connectivity index (χ0) is 18.4. The van der Waals surface area contributed by atoms with Crippen molar-refractivity contribution < 1.29 is 24.4 Å². The fraction of sp³-hybridized carbons (Fsp3) is 0.375. The molecule has 1 saturated heterocycles. The Morgan fingerprint density at radius 1 is 1.28 bits per heavy atom. The van der Waals surface area contributed by atoms with Crippen molar-refractivity contribution in [3.05, 3.63) is 35.9 Å². The van der Waals surface area contributed by atoms with E-state index in [4.69, 9.17) is 10.9 Å². The molecule has 1 aromatic carbocycles. The van der Waals surface area contributed by atoms with Crippen molar-refractivity contribution in [2.24, 2.45) is 5.73 Å². The highest BCUT2D eigenvalue weighted by Crippen LogP contribution is 2.13. The van der Waals surface area contributed by atoms with Crippen LogP contribution in [0.15, 0.2) is 30.3 Å². The number of hydrogen-bond acceptors (Lipinski definition) is 6. The van der Waals surface area contributed by atoms with Gasteiger partial charge in [-0.05, 0) is 18.4 Å². The third-order valence-electron chi connectivity index (χ3n) is 3.89. The minimum Gasteiger partial charge on any atom is -0.343 e. The number of nitrogens with one attached hydrogen (secondary N) is 2. The van der Waals surface area contributed by atoms with E-state index in [1.54, 1.807) is 0 Å². The van der Waals surface area contributed by atoms with E-state index in [2.05, 4.69) is 5.32 Å². The van der Waals surface area contributed by atoms with Crippen molar-refractivity contribution in [1.29, 1.82) is 0 Å². The lowest BCUT2D eigenvalue weighted by Crippen LogP contribution is -2.58. The molecule has 1 aliphatic heterocycles. The standard InChI is InChI=1S/C16H20N4O5/c17-11(8-10-4-2-1-3-5-10)15(23)18-12-6-7-14(22)20(16(12)24)9-13(21)19-25/h1-5,11-12,25H,6-9,17H2,(H,18,23)(H,19,21)/t11-,12-/m0/s1. The number of likely N-dealkylation sites (tertiary alicyclic amines) is 1. The summed E-state index contributed by atoms with van der Waals surface area (Å²) in [6.45, 7) is -0.601. The van der Waals surface area contributed by atoms with Crippen LogP contribution < -0.4 is 16.5 Å². The number of piperidine rings is 1. The maximum absolute atomic E-state index is 12.3. The predicted molar refractivity (Wildman–Crippen MR) is 85.9 cm³/mol. The lowest BCUT2D eigenvalue weighted by atomic mass is 10.0. The molecule has 0 unspecified atom stereocenters. The van der Waals surface area contributed by atoms with Gasteiger partial charge in [0.2, 0.25) is 11.8 Å². The van der Waals surface area contributed by atoms with Crippen LogP contribution in [0.1, 0.15) is 18.4 Å². The number of nitrogens with zero attached hydrogens (tertiary/aromatic N) is 1. The van der Waals surface area contributed by atoms with Crippen LogP contribution in [-0.4, -0.2) is 52.4 Å². The summed E-state index contributed by atoms with van der Waals surface area (Å²) in [4.78, 5) is 48.2. The van der Waals surface area contributed by atoms with E-state index < -0.39 is 42.3 Å². The molecular weight excluding hydrogens is 328 g/mol. The highest BCUT2D eigenvalue weighted by molar-refractivity contribution is 6.04. The lowest BCUT2D eigenvalue weighted by molar-refractivity contribution is -0.154. The molecule has 0 radical (unpaired) electrons. The van der Waals surface area contributed by atoms with Gasteiger partial charge in [-0.2, -0.15) is 0 Å². The minimum atomic E-state index is -0.932. The average molecular weight is 348 g/mol. The Kier molecular flexibility index (Phi) is 6.20. The van der Waals surface area contributed by atoms with E-state index in [-0.39, 0.29) is 12.8 Å². The molecule has 9 nitrogen and oxygen atoms in total. The van der Waals surface area contributed by atoms with Crippen LogP contribution in [0.5, 0.6) is 0 Å². The van der Waals surface area contributed by atoms with E-state index in [1.807, 2.05) is 30.3 Å². The first-order valence-corrected chi connectivity index (χ1v) is 7.79. The molecule has 0 aliphatic carbocycles. The Balaban J connectivity index is 1.96. The fourth-order valence-corrected chi connectivity index (χ4v) is 2.56. The number of hydroxylamine groups is 1. The maximum Gasteiger partial charge on any atom is 0.263 e. The van der Waals surface area contributed by atoms with Gasteiger partial charge in [0.25, 0.3) is 11.8 Å². The highest BCUT2D eigenvalue weighted by Gasteiger charge is 2.36. The van der Waals surface area contributed by atoms with Crippen LogP contribution >= 0.6 is 0 Å². The van der Waals surface area contributed by atoms with Crippen molar-refractivity contribution in [2.75, 3.05) is 6.54 Å². The molecule has 1 heterocycles. The SMILES string of the molecule is N[C@@H](Cc1ccccc1)C(=O)N[C@H]1CCC(=O)N(CC(=O)NO)C1=O. The number of benzene rings is 1. The summed E-state index contributed by atoms with van der Waals surface area (Å²) >= 11 is 0. The maximum atomic E-state index is 12.3. The molecule has 25 heavy (non-hydrogen) atoms. The summed E-state index contributed by atoms with van der Waals surface area (Å²) in [5, 5.41) is 11.1. The van der Waals surface area contributed by atoms with Gasteiger partial charge in [0.05, 0.1) is 6.04 Å². The summed E-state index contributed by atoms with van der Waals surface area (Å²) in [6, 6.07) is 7.42. The molecule has 0 saturated carbocycles. The van der Waals surface area contributed by atoms with Crippen LogP contribution in [0.2, 0.25) is 0 Å². The summed E-state index contributed by atoms with van der Waals surface area (Å²) in [7, 11) is 0. The van der Waals surface area contributed by atoms with Crippen molar-refractivity contribution >= 4 is 23.6 Å². The Labute approximate surface area is 144 Å². The number of imide groups is 1. The predicted octanol–water partition coefficient (Wildman–Crippen LogP) is -1.30. The largest absolute Gasteiger partial charge is 0.343 e. The van der Waals surface area contributed by atoms with Gasteiger partial charge in [-0.1, -0.05) is 30.3 Å². The smallest absolute Gasteiger partial charge is 0.263 e. The summed E-state index contributed by atoms with van der Waals surface area (Å²) in [5.41, 5.74) is 8.12. The quantitative estimate of drug-likeness (QED) is 0.286. The van der Waals surface area contributed by atoms with Gasteiger partial charge in [-0.3, -0.25) is 29.3 Å². The van der Waals surface area contributed by atoms with Crippen molar-refractivity contribution in [3.63, 3.8) is 0 Å². The monoisotopic (exact) mass is 348 g/mol. The lowest BCUT2D eigenvalue weighted by Gasteiger charge is -2.30. The number of rotatable bonds is 6.